The van der Waals surface area contributed by atoms with Crippen LogP contribution < -0.4 is 10.6 Å². The number of rotatable bonds is 11. The zero-order valence-corrected chi connectivity index (χ0v) is 33.5. The molecule has 5 nitrogen and oxygen atoms in total. The third kappa shape index (κ3) is 8.86. The van der Waals surface area contributed by atoms with Gasteiger partial charge in [-0.1, -0.05) is 172 Å². The van der Waals surface area contributed by atoms with E-state index in [0.29, 0.717) is 12.4 Å². The van der Waals surface area contributed by atoms with Crippen molar-refractivity contribution in [2.24, 2.45) is 9.98 Å². The second-order valence-electron chi connectivity index (χ2n) is 13.9. The van der Waals surface area contributed by atoms with Crippen LogP contribution in [-0.2, 0) is 6.54 Å². The summed E-state index contributed by atoms with van der Waals surface area (Å²) in [5.41, 5.74) is 14.9. The maximum absolute atomic E-state index is 5.29. The molecular weight excluding hydrogens is 707 g/mol. The highest BCUT2D eigenvalue weighted by atomic mass is 15.1. The largest absolute Gasteiger partial charge is 0.381 e. The second-order valence-corrected chi connectivity index (χ2v) is 13.9. The molecule has 2 heterocycles. The van der Waals surface area contributed by atoms with Gasteiger partial charge in [0.05, 0.1) is 11.2 Å². The molecule has 1 aliphatic heterocycles. The number of hydrogen-bond donors (Lipinski definition) is 2. The minimum atomic E-state index is -0.377. The quantitative estimate of drug-likeness (QED) is 0.0785. The molecule has 1 aromatic heterocycles. The number of nitrogens with one attached hydrogen (secondary N) is 2. The number of aliphatic imine (C=N–C) groups is 2. The van der Waals surface area contributed by atoms with Crippen LogP contribution in [-0.4, -0.2) is 24.1 Å². The predicted octanol–water partition coefficient (Wildman–Crippen LogP) is 13.1. The van der Waals surface area contributed by atoms with E-state index in [1.165, 1.54) is 11.1 Å². The van der Waals surface area contributed by atoms with Gasteiger partial charge in [-0.2, -0.15) is 0 Å². The number of aromatic nitrogens is 1. The van der Waals surface area contributed by atoms with Gasteiger partial charge in [-0.05, 0) is 82.4 Å². The van der Waals surface area contributed by atoms with Gasteiger partial charge in [-0.15, -0.1) is 0 Å². The van der Waals surface area contributed by atoms with Crippen LogP contribution in [0.1, 0.15) is 53.4 Å². The molecule has 0 amide bonds. The standard InChI is InChI=1S/C51H43N5.C2H6/c1-4-5-14-37-26-27-41-28-29-47(55-48(41)35(37)2)44-31-43(46-21-12-19-40-20-13-30-53-49(40)46)32-45(33-44)50(52-3)56-51(42-17-10-7-11-18-42)54-34-36-22-24-39(25-23-36)38-15-8-6-9-16-38;1-2/h4-29,31-33,51,53-54H,1,3,30,34H2,2H3;1-2H3/b14-5-,56-50-;. The molecule has 1 unspecified atom stereocenters. The van der Waals surface area contributed by atoms with E-state index in [9.17, 15) is 0 Å². The minimum absolute atomic E-state index is 0.377. The lowest BCUT2D eigenvalue weighted by Crippen LogP contribution is -2.21. The van der Waals surface area contributed by atoms with E-state index in [-0.39, 0.29) is 6.17 Å². The Labute approximate surface area is 343 Å². The molecule has 0 aliphatic carbocycles. The van der Waals surface area contributed by atoms with Gasteiger partial charge < -0.3 is 5.32 Å². The first-order chi connectivity index (χ1) is 28.6. The monoisotopic (exact) mass is 755 g/mol. The maximum Gasteiger partial charge on any atom is 0.155 e. The highest BCUT2D eigenvalue weighted by Crippen LogP contribution is 2.37. The maximum atomic E-state index is 5.29. The Hall–Kier alpha value is -6.95. The lowest BCUT2D eigenvalue weighted by molar-refractivity contribution is 0.554. The Morgan fingerprint density at radius 3 is 2.28 bits per heavy atom. The summed E-state index contributed by atoms with van der Waals surface area (Å²) in [7, 11) is 0. The Balaban J connectivity index is 0.00000252. The summed E-state index contributed by atoms with van der Waals surface area (Å²) < 4.78 is 0. The Kier molecular flexibility index (Phi) is 12.7. The van der Waals surface area contributed by atoms with Crippen molar-refractivity contribution in [3.8, 4) is 33.5 Å². The van der Waals surface area contributed by atoms with Crippen LogP contribution in [0.15, 0.2) is 180 Å². The van der Waals surface area contributed by atoms with Crippen molar-refractivity contribution in [3.63, 3.8) is 0 Å². The number of para-hydroxylation sites is 1. The van der Waals surface area contributed by atoms with Crippen LogP contribution in [0, 0.1) is 6.92 Å². The molecule has 1 atom stereocenters. The predicted molar refractivity (Wildman–Crippen MR) is 249 cm³/mol. The number of pyridine rings is 1. The molecule has 8 rings (SSSR count). The highest BCUT2D eigenvalue weighted by molar-refractivity contribution is 6.04. The number of fused-ring (bicyclic) bond motifs is 2. The van der Waals surface area contributed by atoms with Gasteiger partial charge in [-0.25, -0.2) is 15.0 Å². The van der Waals surface area contributed by atoms with Gasteiger partial charge in [-0.3, -0.25) is 5.32 Å². The van der Waals surface area contributed by atoms with Crippen LogP contribution in [0.2, 0.25) is 0 Å². The number of allylic oxidation sites excluding steroid dienone is 2. The smallest absolute Gasteiger partial charge is 0.155 e. The molecule has 6 aromatic carbocycles. The summed E-state index contributed by atoms with van der Waals surface area (Å²) in [5, 5.41) is 8.41. The molecular formula is C53H49N5. The SMILES string of the molecule is C=C/C=C\c1ccc2ccc(-c3cc(/C(N=C)=N/C(NCc4ccc(-c5ccccc5)cc4)c4ccccc4)cc(-c4cccc5c4NCC=C5)c3)nc2c1C.CC. The molecule has 0 saturated heterocycles. The number of nitrogens with zero attached hydrogens (tertiary/aromatic N) is 3. The van der Waals surface area contributed by atoms with Crippen molar-refractivity contribution >= 4 is 41.3 Å². The van der Waals surface area contributed by atoms with Crippen molar-refractivity contribution in [2.75, 3.05) is 11.9 Å². The van der Waals surface area contributed by atoms with Crippen LogP contribution in [0.4, 0.5) is 5.69 Å². The van der Waals surface area contributed by atoms with E-state index in [1.807, 2.05) is 44.2 Å². The van der Waals surface area contributed by atoms with Gasteiger partial charge in [0.25, 0.3) is 0 Å². The summed E-state index contributed by atoms with van der Waals surface area (Å²) in [6.45, 7) is 15.4. The molecule has 1 aliphatic rings. The fourth-order valence-corrected chi connectivity index (χ4v) is 7.28. The van der Waals surface area contributed by atoms with Crippen LogP contribution in [0.5, 0.6) is 0 Å². The number of anilines is 1. The average molecular weight is 756 g/mol. The fraction of sp³-hybridized carbons (Fsp3) is 0.113. The normalized spacial score (nSPS) is 12.6. The Morgan fingerprint density at radius 2 is 1.52 bits per heavy atom. The molecule has 5 heteroatoms. The van der Waals surface area contributed by atoms with Crippen molar-refractivity contribution in [3.05, 3.63) is 204 Å². The highest BCUT2D eigenvalue weighted by Gasteiger charge is 2.18. The minimum Gasteiger partial charge on any atom is -0.381 e. The number of hydrogen-bond acceptors (Lipinski definition) is 4. The van der Waals surface area contributed by atoms with E-state index in [2.05, 4.69) is 175 Å². The summed E-state index contributed by atoms with van der Waals surface area (Å²) in [4.78, 5) is 15.1. The number of benzene rings is 6. The van der Waals surface area contributed by atoms with E-state index < -0.39 is 0 Å². The first kappa shape index (κ1) is 39.3. The zero-order chi connectivity index (χ0) is 40.3. The molecule has 286 valence electrons. The van der Waals surface area contributed by atoms with Crippen molar-refractivity contribution in [1.82, 2.24) is 10.3 Å². The summed E-state index contributed by atoms with van der Waals surface area (Å²) in [6.07, 6.45) is 9.77. The topological polar surface area (TPSA) is 61.7 Å². The van der Waals surface area contributed by atoms with Gasteiger partial charge in [0.2, 0.25) is 0 Å². The third-order valence-corrected chi connectivity index (χ3v) is 10.2. The molecule has 0 spiro atoms. The molecule has 0 saturated carbocycles. The van der Waals surface area contributed by atoms with E-state index >= 15 is 0 Å². The summed E-state index contributed by atoms with van der Waals surface area (Å²) >= 11 is 0. The fourth-order valence-electron chi connectivity index (χ4n) is 7.28. The first-order valence-corrected chi connectivity index (χ1v) is 19.9. The summed E-state index contributed by atoms with van der Waals surface area (Å²) in [5.74, 6) is 0.542. The Bertz CT molecular complexity index is 2620. The van der Waals surface area contributed by atoms with Crippen LogP contribution >= 0.6 is 0 Å². The second kappa shape index (κ2) is 18.8. The van der Waals surface area contributed by atoms with Crippen LogP contribution in [0.25, 0.3) is 56.6 Å². The van der Waals surface area contributed by atoms with Gasteiger partial charge in [0, 0.05) is 40.9 Å². The average Bonchev–Trinajstić information content (AvgIpc) is 3.30. The molecule has 58 heavy (non-hydrogen) atoms. The zero-order valence-electron chi connectivity index (χ0n) is 33.5. The third-order valence-electron chi connectivity index (χ3n) is 10.2. The lowest BCUT2D eigenvalue weighted by Gasteiger charge is -2.20. The molecule has 2 N–H and O–H groups in total. The first-order valence-electron chi connectivity index (χ1n) is 19.9. The van der Waals surface area contributed by atoms with E-state index in [0.717, 1.165) is 78.9 Å². The van der Waals surface area contributed by atoms with Gasteiger partial charge >= 0.3 is 0 Å². The van der Waals surface area contributed by atoms with Crippen molar-refractivity contribution in [2.45, 2.75) is 33.5 Å². The van der Waals surface area contributed by atoms with E-state index in [1.54, 1.807) is 6.08 Å². The molecule has 0 radical (unpaired) electrons. The van der Waals surface area contributed by atoms with Gasteiger partial charge in [0.1, 0.15) is 6.17 Å². The van der Waals surface area contributed by atoms with E-state index in [4.69, 9.17) is 9.98 Å². The van der Waals surface area contributed by atoms with Gasteiger partial charge in [0.15, 0.2) is 5.84 Å². The number of aryl methyl sites for hydroxylation is 1. The van der Waals surface area contributed by atoms with Crippen molar-refractivity contribution in [1.29, 1.82) is 0 Å². The summed E-state index contributed by atoms with van der Waals surface area (Å²) in [6, 6.07) is 50.9. The van der Waals surface area contributed by atoms with Crippen LogP contribution in [0.3, 0.4) is 0 Å². The molecule has 0 fully saturated rings. The van der Waals surface area contributed by atoms with Crippen molar-refractivity contribution < 1.29 is 0 Å². The molecule has 7 aromatic rings. The Morgan fingerprint density at radius 1 is 0.793 bits per heavy atom. The lowest BCUT2D eigenvalue weighted by atomic mass is 9.93. The molecule has 0 bridgehead atoms. The number of amidine groups is 1.